The highest BCUT2D eigenvalue weighted by molar-refractivity contribution is 5.99. The molecule has 1 heterocycles. The second-order valence-electron chi connectivity index (χ2n) is 6.90. The molecule has 0 unspecified atom stereocenters. The highest BCUT2D eigenvalue weighted by atomic mass is 19.4. The largest absolute Gasteiger partial charge is 0.496 e. The zero-order valence-electron chi connectivity index (χ0n) is 17.0. The number of nitrogens with zero attached hydrogens (tertiary/aromatic N) is 1. The fraction of sp³-hybridized carbons (Fsp3) is 0.273. The third-order valence-electron chi connectivity index (χ3n) is 4.79. The van der Waals surface area contributed by atoms with Crippen LogP contribution in [0.3, 0.4) is 0 Å². The molecule has 3 N–H and O–H groups in total. The average molecular weight is 433 g/mol. The van der Waals surface area contributed by atoms with Gasteiger partial charge in [-0.2, -0.15) is 13.2 Å². The van der Waals surface area contributed by atoms with Crippen LogP contribution in [0.5, 0.6) is 5.75 Å². The normalized spacial score (nSPS) is 12.5. The number of alkyl halides is 3. The van der Waals surface area contributed by atoms with E-state index in [0.29, 0.717) is 40.1 Å². The van der Waals surface area contributed by atoms with Crippen LogP contribution in [0.1, 0.15) is 29.3 Å². The van der Waals surface area contributed by atoms with Crippen LogP contribution in [0.4, 0.5) is 24.7 Å². The highest BCUT2D eigenvalue weighted by Crippen LogP contribution is 2.32. The fourth-order valence-electron chi connectivity index (χ4n) is 3.01. The predicted molar refractivity (Wildman–Crippen MR) is 112 cm³/mol. The number of hydrogen-bond acceptors (Lipinski definition) is 5. The summed E-state index contributed by atoms with van der Waals surface area (Å²) in [5.41, 5.74) is 0.509. The molecule has 3 rings (SSSR count). The molecular weight excluding hydrogens is 411 g/mol. The van der Waals surface area contributed by atoms with Crippen molar-refractivity contribution in [2.75, 3.05) is 19.0 Å². The molecule has 0 aliphatic rings. The topological polar surface area (TPSA) is 83.5 Å². The van der Waals surface area contributed by atoms with Crippen molar-refractivity contribution < 1.29 is 27.8 Å². The van der Waals surface area contributed by atoms with Crippen LogP contribution in [-0.2, 0) is 6.18 Å². The van der Waals surface area contributed by atoms with E-state index >= 15 is 0 Å². The van der Waals surface area contributed by atoms with Gasteiger partial charge in [0, 0.05) is 22.7 Å². The molecule has 31 heavy (non-hydrogen) atoms. The lowest BCUT2D eigenvalue weighted by Crippen LogP contribution is -2.36. The molecule has 1 aromatic heterocycles. The van der Waals surface area contributed by atoms with Gasteiger partial charge in [-0.05, 0) is 48.9 Å². The lowest BCUT2D eigenvalue weighted by Gasteiger charge is -2.15. The van der Waals surface area contributed by atoms with E-state index in [1.807, 2.05) is 6.92 Å². The Morgan fingerprint density at radius 2 is 1.87 bits per heavy atom. The van der Waals surface area contributed by atoms with Crippen molar-refractivity contribution in [3.05, 3.63) is 59.7 Å². The Labute approximate surface area is 177 Å². The van der Waals surface area contributed by atoms with Crippen molar-refractivity contribution in [2.45, 2.75) is 25.6 Å². The number of halogens is 3. The van der Waals surface area contributed by atoms with E-state index < -0.39 is 11.7 Å². The van der Waals surface area contributed by atoms with Crippen molar-refractivity contribution in [1.82, 2.24) is 10.3 Å². The van der Waals surface area contributed by atoms with Crippen molar-refractivity contribution >= 4 is 28.3 Å². The van der Waals surface area contributed by atoms with E-state index in [4.69, 9.17) is 4.74 Å². The van der Waals surface area contributed by atoms with Crippen LogP contribution in [0.2, 0.25) is 0 Å². The third kappa shape index (κ3) is 5.24. The van der Waals surface area contributed by atoms with Gasteiger partial charge >= 0.3 is 6.18 Å². The SMILES string of the molecule is CC[C@H](CO)NC(=O)c1ccc2c(OC)cc(Nc3ccc(C(F)(F)F)cc3)nc2c1. The number of rotatable bonds is 7. The van der Waals surface area contributed by atoms with Crippen LogP contribution in [0.25, 0.3) is 10.9 Å². The van der Waals surface area contributed by atoms with Gasteiger partial charge in [0.25, 0.3) is 5.91 Å². The number of aliphatic hydroxyl groups excluding tert-OH is 1. The molecule has 0 aliphatic carbocycles. The highest BCUT2D eigenvalue weighted by Gasteiger charge is 2.29. The quantitative estimate of drug-likeness (QED) is 0.511. The van der Waals surface area contributed by atoms with Crippen LogP contribution < -0.4 is 15.4 Å². The second-order valence-corrected chi connectivity index (χ2v) is 6.90. The van der Waals surface area contributed by atoms with E-state index in [-0.39, 0.29) is 18.6 Å². The maximum absolute atomic E-state index is 12.8. The van der Waals surface area contributed by atoms with Crippen LogP contribution in [-0.4, -0.2) is 35.8 Å². The number of benzene rings is 2. The van der Waals surface area contributed by atoms with E-state index in [0.717, 1.165) is 12.1 Å². The second kappa shape index (κ2) is 9.22. The van der Waals surface area contributed by atoms with Crippen LogP contribution in [0, 0.1) is 0 Å². The van der Waals surface area contributed by atoms with Gasteiger partial charge in [-0.15, -0.1) is 0 Å². The number of nitrogens with one attached hydrogen (secondary N) is 2. The Kier molecular flexibility index (Phi) is 6.65. The Balaban J connectivity index is 1.91. The summed E-state index contributed by atoms with van der Waals surface area (Å²) in [6.45, 7) is 1.69. The first-order valence-corrected chi connectivity index (χ1v) is 9.60. The van der Waals surface area contributed by atoms with Crippen molar-refractivity contribution in [2.24, 2.45) is 0 Å². The van der Waals surface area contributed by atoms with E-state index in [2.05, 4.69) is 15.6 Å². The Morgan fingerprint density at radius 3 is 2.45 bits per heavy atom. The number of carbonyl (C=O) groups excluding carboxylic acids is 1. The molecule has 0 bridgehead atoms. The van der Waals surface area contributed by atoms with E-state index in [9.17, 15) is 23.1 Å². The zero-order chi connectivity index (χ0) is 22.6. The summed E-state index contributed by atoms with van der Waals surface area (Å²) in [7, 11) is 1.49. The van der Waals surface area contributed by atoms with Gasteiger partial charge in [0.1, 0.15) is 11.6 Å². The van der Waals surface area contributed by atoms with Gasteiger partial charge in [-0.25, -0.2) is 4.98 Å². The van der Waals surface area contributed by atoms with E-state index in [1.54, 1.807) is 24.3 Å². The molecule has 0 saturated carbocycles. The molecule has 6 nitrogen and oxygen atoms in total. The molecule has 0 radical (unpaired) electrons. The van der Waals surface area contributed by atoms with Gasteiger partial charge in [-0.3, -0.25) is 4.79 Å². The van der Waals surface area contributed by atoms with Gasteiger partial charge in [0.05, 0.1) is 30.8 Å². The number of ether oxygens (including phenoxy) is 1. The Hall–Kier alpha value is -3.33. The first-order valence-electron chi connectivity index (χ1n) is 9.60. The lowest BCUT2D eigenvalue weighted by molar-refractivity contribution is -0.137. The van der Waals surface area contributed by atoms with Crippen LogP contribution >= 0.6 is 0 Å². The number of fused-ring (bicyclic) bond motifs is 1. The molecule has 0 aliphatic heterocycles. The van der Waals surface area contributed by atoms with Crippen LogP contribution in [0.15, 0.2) is 48.5 Å². The third-order valence-corrected chi connectivity index (χ3v) is 4.79. The first-order chi connectivity index (χ1) is 14.7. The number of aliphatic hydroxyl groups is 1. The predicted octanol–water partition coefficient (Wildman–Crippen LogP) is 4.51. The molecule has 0 spiro atoms. The van der Waals surface area contributed by atoms with Crippen molar-refractivity contribution in [3.8, 4) is 5.75 Å². The van der Waals surface area contributed by atoms with Crippen molar-refractivity contribution in [3.63, 3.8) is 0 Å². The summed E-state index contributed by atoms with van der Waals surface area (Å²) in [5.74, 6) is 0.501. The number of amides is 1. The number of anilines is 2. The first kappa shape index (κ1) is 22.4. The summed E-state index contributed by atoms with van der Waals surface area (Å²) in [5, 5.41) is 15.7. The standard InChI is InChI=1S/C22H22F3N3O3/c1-3-15(12-29)27-21(30)13-4-9-17-18(10-13)28-20(11-19(17)31-2)26-16-7-5-14(6-8-16)22(23,24)25/h4-11,15,29H,3,12H2,1-2H3,(H,26,28)(H,27,30)/t15-/m1/s1. The molecule has 1 amide bonds. The number of hydrogen-bond donors (Lipinski definition) is 3. The number of pyridine rings is 1. The molecule has 164 valence electrons. The minimum absolute atomic E-state index is 0.164. The molecule has 0 fully saturated rings. The maximum atomic E-state index is 12.8. The van der Waals surface area contributed by atoms with Crippen molar-refractivity contribution in [1.29, 1.82) is 0 Å². The minimum atomic E-state index is -4.41. The summed E-state index contributed by atoms with van der Waals surface area (Å²) in [6.07, 6.45) is -3.82. The molecule has 3 aromatic rings. The van der Waals surface area contributed by atoms with E-state index in [1.165, 1.54) is 19.2 Å². The summed E-state index contributed by atoms with van der Waals surface area (Å²) >= 11 is 0. The molecular formula is C22H22F3N3O3. The minimum Gasteiger partial charge on any atom is -0.496 e. The monoisotopic (exact) mass is 433 g/mol. The number of carbonyl (C=O) groups is 1. The lowest BCUT2D eigenvalue weighted by atomic mass is 10.1. The molecule has 9 heteroatoms. The number of aromatic nitrogens is 1. The van der Waals surface area contributed by atoms with Gasteiger partial charge in [0.2, 0.25) is 0 Å². The van der Waals surface area contributed by atoms with Gasteiger partial charge in [0.15, 0.2) is 0 Å². The molecule has 1 atom stereocenters. The molecule has 2 aromatic carbocycles. The Bertz CT molecular complexity index is 1070. The number of methoxy groups -OCH3 is 1. The smallest absolute Gasteiger partial charge is 0.416 e. The summed E-state index contributed by atoms with van der Waals surface area (Å²) < 4.78 is 43.7. The fourth-order valence-corrected chi connectivity index (χ4v) is 3.01. The summed E-state index contributed by atoms with van der Waals surface area (Å²) in [6, 6.07) is 10.8. The maximum Gasteiger partial charge on any atom is 0.416 e. The zero-order valence-corrected chi connectivity index (χ0v) is 17.0. The Morgan fingerprint density at radius 1 is 1.16 bits per heavy atom. The summed E-state index contributed by atoms with van der Waals surface area (Å²) in [4.78, 5) is 16.9. The molecule has 0 saturated heterocycles. The average Bonchev–Trinajstić information content (AvgIpc) is 2.76. The van der Waals surface area contributed by atoms with Gasteiger partial charge in [-0.1, -0.05) is 6.92 Å². The van der Waals surface area contributed by atoms with Gasteiger partial charge < -0.3 is 20.5 Å².